The molecule has 0 aromatic heterocycles. The van der Waals surface area contributed by atoms with Crippen molar-refractivity contribution < 1.29 is 4.74 Å². The van der Waals surface area contributed by atoms with Crippen molar-refractivity contribution in [3.8, 4) is 5.75 Å². The molecular weight excluding hydrogens is 292 g/mol. The van der Waals surface area contributed by atoms with Crippen LogP contribution in [-0.4, -0.2) is 0 Å². The standard InChI is InChI=1S/C23H30O/c1-3-5-6-7-8-10-21-11-13-22(14-12-21)19-24-23-17-15-20(9-4-2)16-18-23/h8,10-18H,3-7,9,19H2,1-2H3. The van der Waals surface area contributed by atoms with Crippen LogP contribution in [0.2, 0.25) is 0 Å². The Hall–Kier alpha value is -2.02. The molecule has 24 heavy (non-hydrogen) atoms. The van der Waals surface area contributed by atoms with E-state index < -0.39 is 0 Å². The molecule has 0 aliphatic heterocycles. The van der Waals surface area contributed by atoms with E-state index in [1.807, 2.05) is 0 Å². The molecule has 2 aromatic rings. The van der Waals surface area contributed by atoms with Crippen molar-refractivity contribution in [2.24, 2.45) is 0 Å². The molecule has 0 amide bonds. The van der Waals surface area contributed by atoms with Crippen molar-refractivity contribution in [3.05, 3.63) is 71.3 Å². The molecule has 0 N–H and O–H groups in total. The number of ether oxygens (including phenoxy) is 1. The van der Waals surface area contributed by atoms with E-state index in [-0.39, 0.29) is 0 Å². The zero-order chi connectivity index (χ0) is 17.0. The summed E-state index contributed by atoms with van der Waals surface area (Å²) in [5.74, 6) is 0.940. The van der Waals surface area contributed by atoms with Gasteiger partial charge < -0.3 is 4.74 Å². The molecule has 0 aliphatic rings. The van der Waals surface area contributed by atoms with Crippen LogP contribution in [0.1, 0.15) is 62.6 Å². The Bertz CT molecular complexity index is 593. The van der Waals surface area contributed by atoms with Gasteiger partial charge >= 0.3 is 0 Å². The van der Waals surface area contributed by atoms with Gasteiger partial charge in [-0.1, -0.05) is 81.7 Å². The van der Waals surface area contributed by atoms with Crippen LogP contribution in [0.4, 0.5) is 0 Å². The minimum absolute atomic E-state index is 0.619. The maximum absolute atomic E-state index is 5.87. The summed E-state index contributed by atoms with van der Waals surface area (Å²) < 4.78 is 5.87. The largest absolute Gasteiger partial charge is 0.489 e. The fraction of sp³-hybridized carbons (Fsp3) is 0.391. The number of allylic oxidation sites excluding steroid dienone is 1. The van der Waals surface area contributed by atoms with Crippen molar-refractivity contribution in [2.75, 3.05) is 0 Å². The Labute approximate surface area is 147 Å². The molecule has 0 spiro atoms. The first kappa shape index (κ1) is 18.3. The first-order valence-electron chi connectivity index (χ1n) is 9.29. The maximum Gasteiger partial charge on any atom is 0.119 e. The van der Waals surface area contributed by atoms with Crippen LogP contribution in [0.15, 0.2) is 54.6 Å². The first-order valence-corrected chi connectivity index (χ1v) is 9.29. The summed E-state index contributed by atoms with van der Waals surface area (Å²) in [6, 6.07) is 17.1. The monoisotopic (exact) mass is 322 g/mol. The van der Waals surface area contributed by atoms with Crippen molar-refractivity contribution in [1.29, 1.82) is 0 Å². The van der Waals surface area contributed by atoms with Crippen molar-refractivity contribution in [2.45, 2.75) is 59.0 Å². The van der Waals surface area contributed by atoms with Gasteiger partial charge in [0, 0.05) is 0 Å². The Balaban J connectivity index is 1.78. The molecule has 0 saturated heterocycles. The molecule has 2 aromatic carbocycles. The minimum atomic E-state index is 0.619. The summed E-state index contributed by atoms with van der Waals surface area (Å²) in [5, 5.41) is 0. The van der Waals surface area contributed by atoms with Crippen LogP contribution in [0.5, 0.6) is 5.75 Å². The molecule has 0 radical (unpaired) electrons. The number of aryl methyl sites for hydroxylation is 1. The lowest BCUT2D eigenvalue weighted by molar-refractivity contribution is 0.306. The number of rotatable bonds is 10. The lowest BCUT2D eigenvalue weighted by Crippen LogP contribution is -1.95. The highest BCUT2D eigenvalue weighted by Crippen LogP contribution is 2.16. The van der Waals surface area contributed by atoms with E-state index in [1.54, 1.807) is 0 Å². The van der Waals surface area contributed by atoms with Crippen LogP contribution < -0.4 is 4.74 Å². The van der Waals surface area contributed by atoms with Crippen molar-refractivity contribution in [1.82, 2.24) is 0 Å². The topological polar surface area (TPSA) is 9.23 Å². The summed E-state index contributed by atoms with van der Waals surface area (Å²) in [7, 11) is 0. The molecule has 0 heterocycles. The SMILES string of the molecule is CCCCCC=Cc1ccc(COc2ccc(CCC)cc2)cc1. The van der Waals surface area contributed by atoms with Gasteiger partial charge in [0.1, 0.15) is 12.4 Å². The molecule has 128 valence electrons. The summed E-state index contributed by atoms with van der Waals surface area (Å²) in [4.78, 5) is 0. The second-order valence-electron chi connectivity index (χ2n) is 6.32. The summed E-state index contributed by atoms with van der Waals surface area (Å²) in [6.07, 6.45) is 11.9. The van der Waals surface area contributed by atoms with Gasteiger partial charge in [0.15, 0.2) is 0 Å². The van der Waals surface area contributed by atoms with Gasteiger partial charge in [0.25, 0.3) is 0 Å². The van der Waals surface area contributed by atoms with Gasteiger partial charge in [-0.3, -0.25) is 0 Å². The summed E-state index contributed by atoms with van der Waals surface area (Å²) >= 11 is 0. The predicted octanol–water partition coefficient (Wildman–Crippen LogP) is 6.81. The van der Waals surface area contributed by atoms with Gasteiger partial charge in [-0.2, -0.15) is 0 Å². The molecular formula is C23H30O. The highest BCUT2D eigenvalue weighted by molar-refractivity contribution is 5.49. The number of benzene rings is 2. The predicted molar refractivity (Wildman–Crippen MR) is 104 cm³/mol. The quantitative estimate of drug-likeness (QED) is 0.436. The Kier molecular flexibility index (Phi) is 8.17. The first-order chi connectivity index (χ1) is 11.8. The Morgan fingerprint density at radius 3 is 2.17 bits per heavy atom. The van der Waals surface area contributed by atoms with Gasteiger partial charge in [-0.25, -0.2) is 0 Å². The molecule has 0 fully saturated rings. The third kappa shape index (κ3) is 6.62. The number of hydrogen-bond acceptors (Lipinski definition) is 1. The maximum atomic E-state index is 5.87. The van der Waals surface area contributed by atoms with Gasteiger partial charge in [0.2, 0.25) is 0 Å². The van der Waals surface area contributed by atoms with Gasteiger partial charge in [0.05, 0.1) is 0 Å². The Morgan fingerprint density at radius 1 is 0.792 bits per heavy atom. The fourth-order valence-electron chi connectivity index (χ4n) is 2.66. The molecule has 0 atom stereocenters. The molecule has 2 rings (SSSR count). The third-order valence-corrected chi connectivity index (χ3v) is 4.13. The van der Waals surface area contributed by atoms with Crippen molar-refractivity contribution in [3.63, 3.8) is 0 Å². The Morgan fingerprint density at radius 2 is 1.50 bits per heavy atom. The smallest absolute Gasteiger partial charge is 0.119 e. The second-order valence-corrected chi connectivity index (χ2v) is 6.32. The highest BCUT2D eigenvalue weighted by atomic mass is 16.5. The van der Waals surface area contributed by atoms with Crippen LogP contribution in [0, 0.1) is 0 Å². The van der Waals surface area contributed by atoms with E-state index in [0.717, 1.165) is 12.2 Å². The van der Waals surface area contributed by atoms with E-state index in [1.165, 1.54) is 48.8 Å². The lowest BCUT2D eigenvalue weighted by atomic mass is 10.1. The average Bonchev–Trinajstić information content (AvgIpc) is 2.62. The lowest BCUT2D eigenvalue weighted by Gasteiger charge is -2.07. The summed E-state index contributed by atoms with van der Waals surface area (Å²) in [6.45, 7) is 5.06. The molecule has 0 saturated carbocycles. The molecule has 0 bridgehead atoms. The molecule has 0 aliphatic carbocycles. The minimum Gasteiger partial charge on any atom is -0.489 e. The van der Waals surface area contributed by atoms with Crippen LogP contribution in [0.3, 0.4) is 0 Å². The molecule has 1 heteroatoms. The van der Waals surface area contributed by atoms with Crippen LogP contribution >= 0.6 is 0 Å². The second kappa shape index (κ2) is 10.7. The molecule has 1 nitrogen and oxygen atoms in total. The normalized spacial score (nSPS) is 11.1. The van der Waals surface area contributed by atoms with E-state index in [9.17, 15) is 0 Å². The van der Waals surface area contributed by atoms with E-state index in [0.29, 0.717) is 6.61 Å². The zero-order valence-electron chi connectivity index (χ0n) is 15.1. The highest BCUT2D eigenvalue weighted by Gasteiger charge is 1.97. The third-order valence-electron chi connectivity index (χ3n) is 4.13. The van der Waals surface area contributed by atoms with Crippen LogP contribution in [-0.2, 0) is 13.0 Å². The van der Waals surface area contributed by atoms with E-state index in [2.05, 4.69) is 74.5 Å². The molecule has 0 unspecified atom stereocenters. The fourth-order valence-corrected chi connectivity index (χ4v) is 2.66. The van der Waals surface area contributed by atoms with E-state index in [4.69, 9.17) is 4.74 Å². The van der Waals surface area contributed by atoms with Crippen LogP contribution in [0.25, 0.3) is 6.08 Å². The van der Waals surface area contributed by atoms with Gasteiger partial charge in [-0.05, 0) is 48.1 Å². The van der Waals surface area contributed by atoms with E-state index >= 15 is 0 Å². The zero-order valence-corrected chi connectivity index (χ0v) is 15.1. The van der Waals surface area contributed by atoms with Gasteiger partial charge in [-0.15, -0.1) is 0 Å². The average molecular weight is 322 g/mol. The number of hydrogen-bond donors (Lipinski definition) is 0. The summed E-state index contributed by atoms with van der Waals surface area (Å²) in [5.41, 5.74) is 3.84. The van der Waals surface area contributed by atoms with Crippen molar-refractivity contribution >= 4 is 6.08 Å². The number of unbranched alkanes of at least 4 members (excludes halogenated alkanes) is 3.